The number of nitrogens with one attached hydrogen (secondary N) is 1. The molecule has 0 bridgehead atoms. The molecule has 0 saturated heterocycles. The molecular formula is C40H71NO3. The third-order valence-electron chi connectivity index (χ3n) is 7.97. The zero-order valence-electron chi connectivity index (χ0n) is 28.9. The van der Waals surface area contributed by atoms with Gasteiger partial charge in [-0.25, -0.2) is 0 Å². The second kappa shape index (κ2) is 35.6. The molecule has 0 saturated carbocycles. The van der Waals surface area contributed by atoms with E-state index < -0.39 is 12.1 Å². The molecule has 4 heteroatoms. The summed E-state index contributed by atoms with van der Waals surface area (Å²) in [4.78, 5) is 12.3. The SMILES string of the molecule is CCCCCCC/C=C\C/C=C\C/C=C\CCCCCCCCC(=O)NC(CO)C(O)/C=C/CC/C=C/CCCCCCC. The van der Waals surface area contributed by atoms with Crippen LogP contribution in [0.5, 0.6) is 0 Å². The van der Waals surface area contributed by atoms with E-state index in [1.807, 2.05) is 6.08 Å². The van der Waals surface area contributed by atoms with Gasteiger partial charge in [0.05, 0.1) is 18.8 Å². The Bertz CT molecular complexity index is 752. The monoisotopic (exact) mass is 614 g/mol. The minimum atomic E-state index is -0.867. The van der Waals surface area contributed by atoms with Crippen LogP contribution in [0.4, 0.5) is 0 Å². The van der Waals surface area contributed by atoms with Gasteiger partial charge in [-0.1, -0.05) is 152 Å². The summed E-state index contributed by atoms with van der Waals surface area (Å²) in [5, 5.41) is 22.8. The van der Waals surface area contributed by atoms with Crippen molar-refractivity contribution in [3.05, 3.63) is 60.8 Å². The van der Waals surface area contributed by atoms with Crippen molar-refractivity contribution in [3.8, 4) is 0 Å². The Labute approximate surface area is 273 Å². The number of aliphatic hydroxyl groups excluding tert-OH is 2. The van der Waals surface area contributed by atoms with E-state index in [-0.39, 0.29) is 12.5 Å². The fraction of sp³-hybridized carbons (Fsp3) is 0.725. The minimum Gasteiger partial charge on any atom is -0.394 e. The quantitative estimate of drug-likeness (QED) is 0.0522. The highest BCUT2D eigenvalue weighted by molar-refractivity contribution is 5.76. The van der Waals surface area contributed by atoms with Crippen molar-refractivity contribution in [2.75, 3.05) is 6.61 Å². The molecule has 2 atom stereocenters. The van der Waals surface area contributed by atoms with Crippen LogP contribution in [-0.4, -0.2) is 34.9 Å². The van der Waals surface area contributed by atoms with Crippen LogP contribution in [0.25, 0.3) is 0 Å². The van der Waals surface area contributed by atoms with Crippen molar-refractivity contribution in [1.29, 1.82) is 0 Å². The Hall–Kier alpha value is -1.91. The van der Waals surface area contributed by atoms with Gasteiger partial charge in [0.25, 0.3) is 0 Å². The van der Waals surface area contributed by atoms with E-state index in [2.05, 4.69) is 67.8 Å². The number of amides is 1. The fourth-order valence-corrected chi connectivity index (χ4v) is 5.08. The minimum absolute atomic E-state index is 0.0913. The molecule has 3 N–H and O–H groups in total. The molecule has 0 aliphatic carbocycles. The van der Waals surface area contributed by atoms with Crippen molar-refractivity contribution in [2.24, 2.45) is 0 Å². The lowest BCUT2D eigenvalue weighted by atomic mass is 10.1. The molecular weight excluding hydrogens is 542 g/mol. The molecule has 0 aliphatic rings. The summed E-state index contributed by atoms with van der Waals surface area (Å²) in [6, 6.07) is -0.646. The lowest BCUT2D eigenvalue weighted by Crippen LogP contribution is -2.45. The summed E-state index contributed by atoms with van der Waals surface area (Å²) >= 11 is 0. The van der Waals surface area contributed by atoms with Gasteiger partial charge in [-0.3, -0.25) is 4.79 Å². The molecule has 0 aromatic heterocycles. The van der Waals surface area contributed by atoms with Crippen molar-refractivity contribution in [1.82, 2.24) is 5.32 Å². The second-order valence-electron chi connectivity index (χ2n) is 12.3. The summed E-state index contributed by atoms with van der Waals surface area (Å²) in [7, 11) is 0. The van der Waals surface area contributed by atoms with E-state index in [4.69, 9.17) is 0 Å². The number of unbranched alkanes of at least 4 members (excludes halogenated alkanes) is 17. The van der Waals surface area contributed by atoms with Crippen molar-refractivity contribution >= 4 is 5.91 Å². The molecule has 0 aliphatic heterocycles. The molecule has 4 nitrogen and oxygen atoms in total. The Morgan fingerprint density at radius 3 is 1.48 bits per heavy atom. The predicted octanol–water partition coefficient (Wildman–Crippen LogP) is 11.0. The first-order chi connectivity index (χ1) is 21.7. The van der Waals surface area contributed by atoms with Crippen LogP contribution < -0.4 is 5.32 Å². The normalized spacial score (nSPS) is 13.8. The average molecular weight is 614 g/mol. The van der Waals surface area contributed by atoms with Crippen molar-refractivity contribution in [2.45, 2.75) is 180 Å². The van der Waals surface area contributed by atoms with Gasteiger partial charge in [0, 0.05) is 6.42 Å². The maximum Gasteiger partial charge on any atom is 0.220 e. The molecule has 0 aromatic rings. The Balaban J connectivity index is 3.70. The van der Waals surface area contributed by atoms with Gasteiger partial charge in [0.1, 0.15) is 0 Å². The third-order valence-corrected chi connectivity index (χ3v) is 7.97. The zero-order valence-corrected chi connectivity index (χ0v) is 28.9. The standard InChI is InChI=1S/C40H71NO3/c1-3-5-7-9-11-13-15-16-17-18-19-20-21-22-23-24-26-28-30-32-34-36-40(44)41-38(37-42)39(43)35-33-31-29-27-25-14-12-10-8-6-4-2/h15-16,18-19,21-22,25,27,33,35,38-39,42-43H,3-14,17,20,23-24,26,28-32,34,36-37H2,1-2H3,(H,41,44)/b16-15-,19-18-,22-21-,27-25+,35-33+. The molecule has 1 amide bonds. The van der Waals surface area contributed by atoms with Gasteiger partial charge in [-0.15, -0.1) is 0 Å². The molecule has 0 aromatic carbocycles. The highest BCUT2D eigenvalue weighted by atomic mass is 16.3. The number of rotatable bonds is 32. The predicted molar refractivity (Wildman–Crippen MR) is 193 cm³/mol. The van der Waals surface area contributed by atoms with E-state index in [0.717, 1.165) is 57.8 Å². The number of carbonyl (C=O) groups excluding carboxylic acids is 1. The molecule has 0 radical (unpaired) electrons. The molecule has 0 spiro atoms. The molecule has 44 heavy (non-hydrogen) atoms. The Morgan fingerprint density at radius 1 is 0.545 bits per heavy atom. The summed E-state index contributed by atoms with van der Waals surface area (Å²) < 4.78 is 0. The van der Waals surface area contributed by atoms with Crippen LogP contribution in [-0.2, 0) is 4.79 Å². The molecule has 0 heterocycles. The number of aliphatic hydroxyl groups is 2. The molecule has 0 fully saturated rings. The van der Waals surface area contributed by atoms with Crippen LogP contribution >= 0.6 is 0 Å². The fourth-order valence-electron chi connectivity index (χ4n) is 5.08. The molecule has 254 valence electrons. The van der Waals surface area contributed by atoms with Gasteiger partial charge in [-0.2, -0.15) is 0 Å². The molecule has 2 unspecified atom stereocenters. The Kier molecular flexibility index (Phi) is 34.0. The first kappa shape index (κ1) is 42.1. The largest absolute Gasteiger partial charge is 0.394 e. The summed E-state index contributed by atoms with van der Waals surface area (Å²) in [5.41, 5.74) is 0. The summed E-state index contributed by atoms with van der Waals surface area (Å²) in [5.74, 6) is -0.0913. The summed E-state index contributed by atoms with van der Waals surface area (Å²) in [6.07, 6.45) is 48.7. The van der Waals surface area contributed by atoms with Gasteiger partial charge in [0.15, 0.2) is 0 Å². The Morgan fingerprint density at radius 2 is 0.955 bits per heavy atom. The number of hydrogen-bond donors (Lipinski definition) is 3. The van der Waals surface area contributed by atoms with Gasteiger partial charge >= 0.3 is 0 Å². The van der Waals surface area contributed by atoms with Crippen LogP contribution in [0.15, 0.2) is 60.8 Å². The summed E-state index contributed by atoms with van der Waals surface area (Å²) in [6.45, 7) is 4.23. The maximum atomic E-state index is 12.3. The van der Waals surface area contributed by atoms with Gasteiger partial charge in [0.2, 0.25) is 5.91 Å². The van der Waals surface area contributed by atoms with E-state index in [0.29, 0.717) is 6.42 Å². The van der Waals surface area contributed by atoms with Crippen LogP contribution in [0.2, 0.25) is 0 Å². The smallest absolute Gasteiger partial charge is 0.220 e. The van der Waals surface area contributed by atoms with Crippen molar-refractivity contribution in [3.63, 3.8) is 0 Å². The lowest BCUT2D eigenvalue weighted by molar-refractivity contribution is -0.123. The van der Waals surface area contributed by atoms with E-state index in [1.54, 1.807) is 6.08 Å². The zero-order chi connectivity index (χ0) is 32.2. The van der Waals surface area contributed by atoms with Crippen LogP contribution in [0, 0.1) is 0 Å². The van der Waals surface area contributed by atoms with Crippen LogP contribution in [0.3, 0.4) is 0 Å². The highest BCUT2D eigenvalue weighted by Gasteiger charge is 2.17. The van der Waals surface area contributed by atoms with E-state index in [1.165, 1.54) is 89.9 Å². The van der Waals surface area contributed by atoms with E-state index in [9.17, 15) is 15.0 Å². The van der Waals surface area contributed by atoms with Crippen LogP contribution in [0.1, 0.15) is 168 Å². The first-order valence-corrected chi connectivity index (χ1v) is 18.5. The highest BCUT2D eigenvalue weighted by Crippen LogP contribution is 2.10. The topological polar surface area (TPSA) is 69.6 Å². The average Bonchev–Trinajstić information content (AvgIpc) is 3.03. The molecule has 0 rings (SSSR count). The maximum absolute atomic E-state index is 12.3. The van der Waals surface area contributed by atoms with E-state index >= 15 is 0 Å². The number of carbonyl (C=O) groups is 1. The number of allylic oxidation sites excluding steroid dienone is 9. The number of hydrogen-bond acceptors (Lipinski definition) is 3. The van der Waals surface area contributed by atoms with Crippen molar-refractivity contribution < 1.29 is 15.0 Å². The first-order valence-electron chi connectivity index (χ1n) is 18.5. The van der Waals surface area contributed by atoms with Gasteiger partial charge in [-0.05, 0) is 70.6 Å². The second-order valence-corrected chi connectivity index (χ2v) is 12.3. The third kappa shape index (κ3) is 31.5. The van der Waals surface area contributed by atoms with Gasteiger partial charge < -0.3 is 15.5 Å². The lowest BCUT2D eigenvalue weighted by Gasteiger charge is -2.19.